The smallest absolute Gasteiger partial charge is 0.240 e. The summed E-state index contributed by atoms with van der Waals surface area (Å²) >= 11 is 0. The van der Waals surface area contributed by atoms with Crippen LogP contribution in [0.15, 0.2) is 0 Å². The van der Waals surface area contributed by atoms with E-state index in [4.69, 9.17) is 0 Å². The highest BCUT2D eigenvalue weighted by atomic mass is 32.2. The number of rotatable bonds is 3. The summed E-state index contributed by atoms with van der Waals surface area (Å²) in [6.45, 7) is 0. The van der Waals surface area contributed by atoms with Crippen LogP contribution in [0.1, 0.15) is 0 Å². The van der Waals surface area contributed by atoms with Gasteiger partial charge in [0.2, 0.25) is 10.0 Å². The van der Waals surface area contributed by atoms with Gasteiger partial charge >= 0.3 is 0 Å². The van der Waals surface area contributed by atoms with E-state index in [-0.39, 0.29) is 11.5 Å². The van der Waals surface area contributed by atoms with E-state index in [2.05, 4.69) is 4.84 Å². The highest BCUT2D eigenvalue weighted by molar-refractivity contribution is 7.98. The van der Waals surface area contributed by atoms with Gasteiger partial charge in [-0.15, -0.1) is 0 Å². The van der Waals surface area contributed by atoms with Crippen molar-refractivity contribution in [3.8, 4) is 0 Å². The first-order valence-corrected chi connectivity index (χ1v) is 6.84. The zero-order valence-electron chi connectivity index (χ0n) is 7.30. The van der Waals surface area contributed by atoms with E-state index in [0.29, 0.717) is 4.47 Å². The number of hydrogen-bond donors (Lipinski definition) is 0. The van der Waals surface area contributed by atoms with Gasteiger partial charge in [0.15, 0.2) is 9.84 Å². The molecule has 0 aromatic carbocycles. The highest BCUT2D eigenvalue weighted by Crippen LogP contribution is 2.20. The largest absolute Gasteiger partial charge is 0.288 e. The molecule has 0 amide bonds. The normalized spacial score (nSPS) is 23.0. The molecule has 6 nitrogen and oxygen atoms in total. The Labute approximate surface area is 77.4 Å². The Bertz CT molecular complexity index is 371. The zero-order valence-corrected chi connectivity index (χ0v) is 8.93. The van der Waals surface area contributed by atoms with Crippen molar-refractivity contribution in [2.75, 3.05) is 25.7 Å². The van der Waals surface area contributed by atoms with Crippen molar-refractivity contribution in [1.82, 2.24) is 4.47 Å². The van der Waals surface area contributed by atoms with E-state index in [1.165, 1.54) is 14.2 Å². The van der Waals surface area contributed by atoms with Crippen molar-refractivity contribution in [2.24, 2.45) is 0 Å². The van der Waals surface area contributed by atoms with E-state index in [0.717, 1.165) is 0 Å². The van der Waals surface area contributed by atoms with Crippen LogP contribution in [0.5, 0.6) is 0 Å². The van der Waals surface area contributed by atoms with Gasteiger partial charge in [-0.05, 0) is 0 Å². The fraction of sp³-hybridized carbons (Fsp3) is 1.00. The molecule has 8 heteroatoms. The van der Waals surface area contributed by atoms with Crippen LogP contribution in [-0.4, -0.2) is 52.2 Å². The molecule has 1 aliphatic heterocycles. The molecule has 13 heavy (non-hydrogen) atoms. The quantitative estimate of drug-likeness (QED) is 0.556. The topological polar surface area (TPSA) is 80.8 Å². The Morgan fingerprint density at radius 2 is 1.85 bits per heavy atom. The molecule has 0 aliphatic carbocycles. The van der Waals surface area contributed by atoms with Gasteiger partial charge in [-0.25, -0.2) is 16.8 Å². The molecule has 0 saturated carbocycles. The molecule has 1 rings (SSSR count). The average molecular weight is 229 g/mol. The van der Waals surface area contributed by atoms with Gasteiger partial charge in [0.05, 0.1) is 18.6 Å². The third-order valence-corrected chi connectivity index (χ3v) is 6.20. The van der Waals surface area contributed by atoms with E-state index >= 15 is 0 Å². The lowest BCUT2D eigenvalue weighted by Gasteiger charge is -2.28. The second-order valence-corrected chi connectivity index (χ2v) is 7.20. The molecule has 78 valence electrons. The molecule has 1 saturated heterocycles. The van der Waals surface area contributed by atoms with Crippen LogP contribution in [0.25, 0.3) is 0 Å². The molecule has 0 N–H and O–H groups in total. The summed E-state index contributed by atoms with van der Waals surface area (Å²) in [5.74, 6) is -0.605. The molecule has 0 aromatic heterocycles. The monoisotopic (exact) mass is 229 g/mol. The molecule has 0 aromatic rings. The Morgan fingerprint density at radius 3 is 2.15 bits per heavy atom. The van der Waals surface area contributed by atoms with Crippen molar-refractivity contribution < 1.29 is 21.7 Å². The number of sulfone groups is 1. The van der Waals surface area contributed by atoms with Crippen LogP contribution in [0.2, 0.25) is 0 Å². The van der Waals surface area contributed by atoms with Crippen molar-refractivity contribution in [3.05, 3.63) is 0 Å². The molecule has 0 radical (unpaired) electrons. The fourth-order valence-corrected chi connectivity index (χ4v) is 5.29. The molecule has 1 heterocycles. The van der Waals surface area contributed by atoms with Gasteiger partial charge < -0.3 is 0 Å². The van der Waals surface area contributed by atoms with Gasteiger partial charge in [0, 0.05) is 7.05 Å². The lowest BCUT2D eigenvalue weighted by molar-refractivity contribution is -0.0265. The number of hydrogen-bond acceptors (Lipinski definition) is 5. The predicted octanol–water partition coefficient (Wildman–Crippen LogP) is -1.39. The second-order valence-electron chi connectivity index (χ2n) is 2.84. The Kier molecular flexibility index (Phi) is 2.68. The third kappa shape index (κ3) is 2.01. The van der Waals surface area contributed by atoms with E-state index < -0.39 is 25.1 Å². The molecular weight excluding hydrogens is 218 g/mol. The minimum absolute atomic E-state index is 0.303. The summed E-state index contributed by atoms with van der Waals surface area (Å²) in [5, 5.41) is -0.845. The number of hydroxylamine groups is 1. The van der Waals surface area contributed by atoms with Crippen LogP contribution in [0.3, 0.4) is 0 Å². The van der Waals surface area contributed by atoms with Crippen LogP contribution in [0, 0.1) is 0 Å². The van der Waals surface area contributed by atoms with E-state index in [1.54, 1.807) is 0 Å². The maximum atomic E-state index is 11.4. The van der Waals surface area contributed by atoms with Crippen LogP contribution < -0.4 is 0 Å². The maximum absolute atomic E-state index is 11.4. The van der Waals surface area contributed by atoms with E-state index in [9.17, 15) is 16.8 Å². The summed E-state index contributed by atoms with van der Waals surface area (Å²) in [4.78, 5) is 4.49. The van der Waals surface area contributed by atoms with Crippen LogP contribution in [0.4, 0.5) is 0 Å². The Hall–Kier alpha value is -0.180. The highest BCUT2D eigenvalue weighted by Gasteiger charge is 2.44. The Morgan fingerprint density at radius 1 is 1.38 bits per heavy atom. The molecule has 0 unspecified atom stereocenters. The van der Waals surface area contributed by atoms with Crippen molar-refractivity contribution in [2.45, 2.75) is 5.25 Å². The summed E-state index contributed by atoms with van der Waals surface area (Å²) in [5.41, 5.74) is 0. The van der Waals surface area contributed by atoms with E-state index in [1.807, 2.05) is 0 Å². The molecular formula is C5H11NO5S2. The standard InChI is InChI=1S/C5H11NO5S2/c1-6(11-2)13(9,10)5-3-12(7,8)4-5/h5H,3-4H2,1-2H3. The SMILES string of the molecule is CON(C)S(=O)(=O)C1CS(=O)(=O)C1. The second kappa shape index (κ2) is 3.19. The molecule has 1 fully saturated rings. The first-order chi connectivity index (χ1) is 5.79. The molecule has 1 aliphatic rings. The lowest BCUT2D eigenvalue weighted by Crippen LogP contribution is -2.51. The summed E-state index contributed by atoms with van der Waals surface area (Å²) < 4.78 is 44.9. The third-order valence-electron chi connectivity index (χ3n) is 1.92. The van der Waals surface area contributed by atoms with Crippen molar-refractivity contribution in [3.63, 3.8) is 0 Å². The predicted molar refractivity (Wildman–Crippen MR) is 46.1 cm³/mol. The fourth-order valence-electron chi connectivity index (χ4n) is 1.00. The van der Waals surface area contributed by atoms with Crippen LogP contribution in [-0.2, 0) is 24.7 Å². The van der Waals surface area contributed by atoms with Crippen LogP contribution >= 0.6 is 0 Å². The number of nitrogens with zero attached hydrogens (tertiary/aromatic N) is 1. The summed E-state index contributed by atoms with van der Waals surface area (Å²) in [7, 11) is -4.26. The molecule has 0 atom stereocenters. The van der Waals surface area contributed by atoms with Gasteiger partial charge in [-0.3, -0.25) is 4.84 Å². The first-order valence-electron chi connectivity index (χ1n) is 3.52. The van der Waals surface area contributed by atoms with Crippen molar-refractivity contribution in [1.29, 1.82) is 0 Å². The Balaban J connectivity index is 2.76. The summed E-state index contributed by atoms with van der Waals surface area (Å²) in [6, 6.07) is 0. The first kappa shape index (κ1) is 10.9. The number of sulfonamides is 1. The maximum Gasteiger partial charge on any atom is 0.240 e. The van der Waals surface area contributed by atoms with Gasteiger partial charge in [-0.2, -0.15) is 0 Å². The van der Waals surface area contributed by atoms with Gasteiger partial charge in [0.1, 0.15) is 5.25 Å². The minimum Gasteiger partial charge on any atom is -0.288 e. The summed E-state index contributed by atoms with van der Waals surface area (Å²) in [6.07, 6.45) is 0. The molecule has 0 bridgehead atoms. The molecule has 0 spiro atoms. The lowest BCUT2D eigenvalue weighted by atomic mass is 10.5. The average Bonchev–Trinajstić information content (AvgIpc) is 1.98. The van der Waals surface area contributed by atoms with Crippen molar-refractivity contribution >= 4 is 19.9 Å². The van der Waals surface area contributed by atoms with Gasteiger partial charge in [-0.1, -0.05) is 4.47 Å². The zero-order chi connectivity index (χ0) is 10.3. The minimum atomic E-state index is -3.59. The van der Waals surface area contributed by atoms with Gasteiger partial charge in [0.25, 0.3) is 0 Å².